The molecule has 1 atom stereocenters. The standard InChI is InChI=1S/C16H15F3N2O2S/c1-10(12-3-6-14(7-4-12)23-16(17,18)19)20-15(22)8-5-13-9-24-11(2)21-13/h3-10H,1-2H3,(H,20,22)/b8-5+. The number of ether oxygens (including phenoxy) is 1. The van der Waals surface area contributed by atoms with E-state index >= 15 is 0 Å². The Balaban J connectivity index is 1.92. The second-order valence-corrected chi connectivity index (χ2v) is 6.03. The molecule has 1 amide bonds. The van der Waals surface area contributed by atoms with Crippen molar-refractivity contribution in [2.45, 2.75) is 26.3 Å². The number of aryl methyl sites for hydroxylation is 1. The largest absolute Gasteiger partial charge is 0.573 e. The number of nitrogens with one attached hydrogen (secondary N) is 1. The Bertz CT molecular complexity index is 724. The highest BCUT2D eigenvalue weighted by Crippen LogP contribution is 2.24. The lowest BCUT2D eigenvalue weighted by molar-refractivity contribution is -0.274. The van der Waals surface area contributed by atoms with E-state index in [1.807, 2.05) is 12.3 Å². The predicted molar refractivity (Wildman–Crippen MR) is 85.6 cm³/mol. The minimum atomic E-state index is -4.72. The van der Waals surface area contributed by atoms with Gasteiger partial charge in [-0.25, -0.2) is 4.98 Å². The van der Waals surface area contributed by atoms with E-state index in [9.17, 15) is 18.0 Å². The Kier molecular flexibility index (Phi) is 5.61. The van der Waals surface area contributed by atoms with Crippen LogP contribution in [0.2, 0.25) is 0 Å². The summed E-state index contributed by atoms with van der Waals surface area (Å²) in [5.41, 5.74) is 1.37. The summed E-state index contributed by atoms with van der Waals surface area (Å²) in [5, 5.41) is 5.47. The third-order valence-electron chi connectivity index (χ3n) is 3.01. The summed E-state index contributed by atoms with van der Waals surface area (Å²) in [6, 6.07) is 5.00. The smallest absolute Gasteiger partial charge is 0.406 e. The molecule has 24 heavy (non-hydrogen) atoms. The number of carbonyl (C=O) groups excluding carboxylic acids is 1. The number of alkyl halides is 3. The molecule has 128 valence electrons. The van der Waals surface area contributed by atoms with Crippen molar-refractivity contribution in [1.29, 1.82) is 0 Å². The maximum atomic E-state index is 12.1. The van der Waals surface area contributed by atoms with Gasteiger partial charge in [-0.05, 0) is 37.6 Å². The van der Waals surface area contributed by atoms with Crippen molar-refractivity contribution < 1.29 is 22.7 Å². The van der Waals surface area contributed by atoms with Crippen LogP contribution in [0.15, 0.2) is 35.7 Å². The molecule has 0 bridgehead atoms. The van der Waals surface area contributed by atoms with Crippen molar-refractivity contribution in [3.63, 3.8) is 0 Å². The van der Waals surface area contributed by atoms with Crippen molar-refractivity contribution in [2.24, 2.45) is 0 Å². The number of thiazole rings is 1. The number of carbonyl (C=O) groups is 1. The summed E-state index contributed by atoms with van der Waals surface area (Å²) in [4.78, 5) is 16.1. The molecule has 1 aromatic heterocycles. The van der Waals surface area contributed by atoms with E-state index in [1.54, 1.807) is 13.0 Å². The Morgan fingerprint density at radius 1 is 1.33 bits per heavy atom. The molecule has 8 heteroatoms. The number of aromatic nitrogens is 1. The highest BCUT2D eigenvalue weighted by Gasteiger charge is 2.31. The average molecular weight is 356 g/mol. The molecule has 2 aromatic rings. The third-order valence-corrected chi connectivity index (χ3v) is 3.81. The maximum absolute atomic E-state index is 12.1. The number of rotatable bonds is 5. The van der Waals surface area contributed by atoms with Crippen molar-refractivity contribution in [2.75, 3.05) is 0 Å². The van der Waals surface area contributed by atoms with E-state index in [0.29, 0.717) is 11.3 Å². The second-order valence-electron chi connectivity index (χ2n) is 4.97. The van der Waals surface area contributed by atoms with Gasteiger partial charge < -0.3 is 10.1 Å². The normalized spacial score (nSPS) is 13.0. The molecule has 1 heterocycles. The van der Waals surface area contributed by atoms with Gasteiger partial charge in [-0.1, -0.05) is 12.1 Å². The van der Waals surface area contributed by atoms with E-state index in [2.05, 4.69) is 15.0 Å². The first kappa shape index (κ1) is 18.0. The van der Waals surface area contributed by atoms with Crippen LogP contribution in [0.1, 0.15) is 29.2 Å². The lowest BCUT2D eigenvalue weighted by Crippen LogP contribution is -2.24. The monoisotopic (exact) mass is 356 g/mol. The van der Waals surface area contributed by atoms with Crippen LogP contribution < -0.4 is 10.1 Å². The summed E-state index contributed by atoms with van der Waals surface area (Å²) in [7, 11) is 0. The quantitative estimate of drug-likeness (QED) is 0.815. The molecule has 2 rings (SSSR count). The van der Waals surface area contributed by atoms with Crippen LogP contribution >= 0.6 is 11.3 Å². The molecule has 4 nitrogen and oxygen atoms in total. The van der Waals surface area contributed by atoms with Crippen molar-refractivity contribution in [1.82, 2.24) is 10.3 Å². The average Bonchev–Trinajstić information content (AvgIpc) is 2.90. The van der Waals surface area contributed by atoms with Gasteiger partial charge in [0.25, 0.3) is 0 Å². The third kappa shape index (κ3) is 5.69. The Hall–Kier alpha value is -2.35. The second kappa shape index (κ2) is 7.48. The molecule has 1 unspecified atom stereocenters. The predicted octanol–water partition coefficient (Wildman–Crippen LogP) is 4.24. The Morgan fingerprint density at radius 3 is 2.54 bits per heavy atom. The summed E-state index contributed by atoms with van der Waals surface area (Å²) in [6.07, 6.45) is -1.75. The Morgan fingerprint density at radius 2 is 2.00 bits per heavy atom. The molecule has 0 fully saturated rings. The number of halogens is 3. The molecule has 0 saturated heterocycles. The molecule has 0 radical (unpaired) electrons. The molecule has 1 aromatic carbocycles. The van der Waals surface area contributed by atoms with Crippen molar-refractivity contribution in [3.8, 4) is 5.75 Å². The summed E-state index contributed by atoms with van der Waals surface area (Å²) in [5.74, 6) is -0.618. The maximum Gasteiger partial charge on any atom is 0.573 e. The number of amides is 1. The van der Waals surface area contributed by atoms with Crippen LogP contribution in [0.25, 0.3) is 6.08 Å². The van der Waals surface area contributed by atoms with Gasteiger partial charge >= 0.3 is 6.36 Å². The lowest BCUT2D eigenvalue weighted by Gasteiger charge is -2.14. The molecule has 0 aliphatic heterocycles. The topological polar surface area (TPSA) is 51.2 Å². The van der Waals surface area contributed by atoms with Gasteiger partial charge in [0, 0.05) is 11.5 Å². The van der Waals surface area contributed by atoms with Crippen LogP contribution in [0.5, 0.6) is 5.75 Å². The minimum absolute atomic E-state index is 0.302. The molecule has 1 N–H and O–H groups in total. The lowest BCUT2D eigenvalue weighted by atomic mass is 10.1. The molecular weight excluding hydrogens is 341 g/mol. The van der Waals surface area contributed by atoms with Gasteiger partial charge in [0.2, 0.25) is 5.91 Å². The highest BCUT2D eigenvalue weighted by atomic mass is 32.1. The van der Waals surface area contributed by atoms with E-state index in [-0.39, 0.29) is 17.7 Å². The van der Waals surface area contributed by atoms with Crippen LogP contribution in [0.3, 0.4) is 0 Å². The van der Waals surface area contributed by atoms with Crippen LogP contribution in [-0.2, 0) is 4.79 Å². The van der Waals surface area contributed by atoms with E-state index in [1.165, 1.54) is 41.7 Å². The van der Waals surface area contributed by atoms with Gasteiger partial charge in [-0.15, -0.1) is 24.5 Å². The van der Waals surface area contributed by atoms with Crippen molar-refractivity contribution >= 4 is 23.3 Å². The molecular formula is C16H15F3N2O2S. The molecule has 0 saturated carbocycles. The Labute approximate surface area is 141 Å². The number of benzene rings is 1. The fraction of sp³-hybridized carbons (Fsp3) is 0.250. The number of hydrogen-bond donors (Lipinski definition) is 1. The zero-order valence-corrected chi connectivity index (χ0v) is 13.7. The summed E-state index contributed by atoms with van der Waals surface area (Å²) in [6.45, 7) is 3.61. The first-order chi connectivity index (χ1) is 11.2. The van der Waals surface area contributed by atoms with E-state index in [0.717, 1.165) is 5.01 Å². The van der Waals surface area contributed by atoms with Gasteiger partial charge in [0.05, 0.1) is 16.7 Å². The van der Waals surface area contributed by atoms with E-state index in [4.69, 9.17) is 0 Å². The summed E-state index contributed by atoms with van der Waals surface area (Å²) >= 11 is 1.49. The zero-order valence-electron chi connectivity index (χ0n) is 12.9. The SMILES string of the molecule is Cc1nc(/C=C/C(=O)NC(C)c2ccc(OC(F)(F)F)cc2)cs1. The molecule has 0 spiro atoms. The fourth-order valence-corrected chi connectivity index (χ4v) is 2.50. The van der Waals surface area contributed by atoms with Gasteiger partial charge in [0.1, 0.15) is 5.75 Å². The fourth-order valence-electron chi connectivity index (χ4n) is 1.92. The number of hydrogen-bond acceptors (Lipinski definition) is 4. The van der Waals surface area contributed by atoms with E-state index < -0.39 is 6.36 Å². The molecule has 0 aliphatic carbocycles. The number of nitrogens with zero attached hydrogens (tertiary/aromatic N) is 1. The zero-order chi connectivity index (χ0) is 17.7. The van der Waals surface area contributed by atoms with Gasteiger partial charge in [0.15, 0.2) is 0 Å². The minimum Gasteiger partial charge on any atom is -0.406 e. The first-order valence-corrected chi connectivity index (χ1v) is 7.87. The summed E-state index contributed by atoms with van der Waals surface area (Å²) < 4.78 is 40.1. The van der Waals surface area contributed by atoms with Crippen LogP contribution in [0.4, 0.5) is 13.2 Å². The van der Waals surface area contributed by atoms with Gasteiger partial charge in [-0.3, -0.25) is 4.79 Å². The molecule has 0 aliphatic rings. The van der Waals surface area contributed by atoms with Crippen LogP contribution in [-0.4, -0.2) is 17.3 Å². The van der Waals surface area contributed by atoms with Crippen molar-refractivity contribution in [3.05, 3.63) is 52.0 Å². The first-order valence-electron chi connectivity index (χ1n) is 6.99. The van der Waals surface area contributed by atoms with Crippen LogP contribution in [0, 0.1) is 6.92 Å². The highest BCUT2D eigenvalue weighted by molar-refractivity contribution is 7.09. The van der Waals surface area contributed by atoms with Gasteiger partial charge in [-0.2, -0.15) is 0 Å².